The van der Waals surface area contributed by atoms with Crippen LogP contribution in [0.25, 0.3) is 0 Å². The van der Waals surface area contributed by atoms with E-state index in [-0.39, 0.29) is 17.7 Å². The van der Waals surface area contributed by atoms with Crippen LogP contribution < -0.4 is 5.32 Å². The molecule has 0 aromatic heterocycles. The van der Waals surface area contributed by atoms with Gasteiger partial charge in [-0.3, -0.25) is 14.6 Å². The molecular formula is C23H24N4O2S. The summed E-state index contributed by atoms with van der Waals surface area (Å²) in [6, 6.07) is 17.0. The van der Waals surface area contributed by atoms with E-state index in [4.69, 9.17) is 9.98 Å². The Labute approximate surface area is 180 Å². The van der Waals surface area contributed by atoms with E-state index >= 15 is 0 Å². The van der Waals surface area contributed by atoms with Crippen LogP contribution >= 0.6 is 11.8 Å². The number of carbonyl (C=O) groups excluding carboxylic acids is 2. The molecule has 0 saturated heterocycles. The molecule has 2 heterocycles. The number of benzene rings is 2. The molecule has 154 valence electrons. The van der Waals surface area contributed by atoms with Gasteiger partial charge in [-0.2, -0.15) is 0 Å². The summed E-state index contributed by atoms with van der Waals surface area (Å²) in [6.07, 6.45) is 0. The van der Waals surface area contributed by atoms with Crippen molar-refractivity contribution in [2.75, 3.05) is 0 Å². The van der Waals surface area contributed by atoms with Crippen LogP contribution in [-0.2, 0) is 16.1 Å². The summed E-state index contributed by atoms with van der Waals surface area (Å²) in [5.74, 6) is 0.526. The minimum atomic E-state index is -0.431. The highest BCUT2D eigenvalue weighted by atomic mass is 32.2. The van der Waals surface area contributed by atoms with E-state index in [1.807, 2.05) is 75.4 Å². The quantitative estimate of drug-likeness (QED) is 0.801. The van der Waals surface area contributed by atoms with Crippen molar-refractivity contribution >= 4 is 40.3 Å². The average Bonchev–Trinajstić information content (AvgIpc) is 3.11. The van der Waals surface area contributed by atoms with E-state index in [2.05, 4.69) is 5.32 Å². The molecule has 30 heavy (non-hydrogen) atoms. The summed E-state index contributed by atoms with van der Waals surface area (Å²) in [4.78, 5) is 36.7. The van der Waals surface area contributed by atoms with Crippen LogP contribution in [0.5, 0.6) is 0 Å². The Morgan fingerprint density at radius 3 is 2.53 bits per heavy atom. The van der Waals surface area contributed by atoms with Gasteiger partial charge in [0.2, 0.25) is 5.91 Å². The second-order valence-corrected chi connectivity index (χ2v) is 9.00. The van der Waals surface area contributed by atoms with E-state index < -0.39 is 11.3 Å². The zero-order valence-electron chi connectivity index (χ0n) is 17.2. The van der Waals surface area contributed by atoms with E-state index in [1.165, 1.54) is 11.8 Å². The van der Waals surface area contributed by atoms with Crippen molar-refractivity contribution in [2.24, 2.45) is 15.9 Å². The molecule has 2 aromatic rings. The molecule has 0 unspecified atom stereocenters. The van der Waals surface area contributed by atoms with E-state index in [9.17, 15) is 9.59 Å². The van der Waals surface area contributed by atoms with Crippen molar-refractivity contribution in [1.29, 1.82) is 0 Å². The summed E-state index contributed by atoms with van der Waals surface area (Å²) in [5, 5.41) is 3.05. The number of thioether (sulfide) groups is 1. The van der Waals surface area contributed by atoms with Crippen LogP contribution in [0.4, 0.5) is 5.69 Å². The highest BCUT2D eigenvalue weighted by Gasteiger charge is 2.43. The van der Waals surface area contributed by atoms with Gasteiger partial charge in [0.25, 0.3) is 5.91 Å². The van der Waals surface area contributed by atoms with Gasteiger partial charge in [-0.25, -0.2) is 9.89 Å². The Hall–Kier alpha value is -2.93. The lowest BCUT2D eigenvalue weighted by Gasteiger charge is -2.27. The molecule has 7 heteroatoms. The first-order valence-electron chi connectivity index (χ1n) is 10.0. The maximum atomic E-state index is 13.1. The lowest BCUT2D eigenvalue weighted by molar-refractivity contribution is -0.125. The summed E-state index contributed by atoms with van der Waals surface area (Å²) in [7, 11) is 0. The Morgan fingerprint density at radius 1 is 1.10 bits per heavy atom. The van der Waals surface area contributed by atoms with E-state index in [0.717, 1.165) is 16.8 Å². The number of rotatable bonds is 5. The highest BCUT2D eigenvalue weighted by molar-refractivity contribution is 8.15. The van der Waals surface area contributed by atoms with Gasteiger partial charge in [-0.1, -0.05) is 68.1 Å². The topological polar surface area (TPSA) is 74.1 Å². The molecule has 0 aliphatic carbocycles. The Balaban J connectivity index is 1.54. The standard InChI is InChI=1S/C23H24N4O2S/c1-14(2)19-22(29)27-20(26-19)17-11-7-8-12-18(17)25-23(27)30-15(3)21(28)24-13-16-9-5-4-6-10-16/h4-12,14-15,19H,13H2,1-3H3,(H,24,28)/t15-,19-/m0/s1. The zero-order chi connectivity index (χ0) is 21.3. The summed E-state index contributed by atoms with van der Waals surface area (Å²) >= 11 is 1.28. The number of carbonyl (C=O) groups is 2. The summed E-state index contributed by atoms with van der Waals surface area (Å²) in [5.41, 5.74) is 2.65. The predicted octanol–water partition coefficient (Wildman–Crippen LogP) is 3.74. The zero-order valence-corrected chi connectivity index (χ0v) is 18.0. The normalized spacial score (nSPS) is 18.5. The van der Waals surface area contributed by atoms with Crippen molar-refractivity contribution in [3.63, 3.8) is 0 Å². The molecule has 2 aromatic carbocycles. The summed E-state index contributed by atoms with van der Waals surface area (Å²) in [6.45, 7) is 6.26. The largest absolute Gasteiger partial charge is 0.351 e. The first kappa shape index (κ1) is 20.3. The molecular weight excluding hydrogens is 396 g/mol. The number of aliphatic imine (C=N–C) groups is 2. The maximum Gasteiger partial charge on any atom is 0.259 e. The highest BCUT2D eigenvalue weighted by Crippen LogP contribution is 2.35. The third kappa shape index (κ3) is 3.89. The third-order valence-electron chi connectivity index (χ3n) is 5.09. The fourth-order valence-corrected chi connectivity index (χ4v) is 4.36. The molecule has 0 fully saturated rings. The molecule has 4 rings (SSSR count). The van der Waals surface area contributed by atoms with Gasteiger partial charge in [-0.15, -0.1) is 0 Å². The first-order valence-corrected chi connectivity index (χ1v) is 10.9. The lowest BCUT2D eigenvalue weighted by atomic mass is 10.1. The van der Waals surface area contributed by atoms with Crippen molar-refractivity contribution in [3.05, 3.63) is 65.7 Å². The molecule has 0 radical (unpaired) electrons. The monoisotopic (exact) mass is 420 g/mol. The number of hydrogen-bond donors (Lipinski definition) is 1. The molecule has 2 aliphatic heterocycles. The van der Waals surface area contributed by atoms with Crippen LogP contribution in [0.15, 0.2) is 64.6 Å². The van der Waals surface area contributed by atoms with E-state index in [1.54, 1.807) is 4.90 Å². The fraction of sp³-hybridized carbons (Fsp3) is 0.304. The molecule has 0 spiro atoms. The van der Waals surface area contributed by atoms with Gasteiger partial charge < -0.3 is 5.32 Å². The number of nitrogens with zero attached hydrogens (tertiary/aromatic N) is 3. The summed E-state index contributed by atoms with van der Waals surface area (Å²) < 4.78 is 0. The minimum absolute atomic E-state index is 0.0839. The van der Waals surface area contributed by atoms with Gasteiger partial charge >= 0.3 is 0 Å². The van der Waals surface area contributed by atoms with Crippen LogP contribution in [0.3, 0.4) is 0 Å². The Kier molecular flexibility index (Phi) is 5.72. The molecule has 2 amide bonds. The minimum Gasteiger partial charge on any atom is -0.351 e. The third-order valence-corrected chi connectivity index (χ3v) is 6.14. The molecule has 6 nitrogen and oxygen atoms in total. The van der Waals surface area contributed by atoms with Crippen LogP contribution in [0.2, 0.25) is 0 Å². The molecule has 0 bridgehead atoms. The smallest absolute Gasteiger partial charge is 0.259 e. The number of para-hydroxylation sites is 1. The second-order valence-electron chi connectivity index (χ2n) is 7.69. The fourth-order valence-electron chi connectivity index (χ4n) is 3.42. The van der Waals surface area contributed by atoms with Crippen molar-refractivity contribution in [1.82, 2.24) is 10.2 Å². The molecule has 1 N–H and O–H groups in total. The number of amides is 2. The number of hydrogen-bond acceptors (Lipinski definition) is 5. The van der Waals surface area contributed by atoms with Crippen LogP contribution in [-0.4, -0.2) is 39.0 Å². The first-order chi connectivity index (χ1) is 14.5. The Morgan fingerprint density at radius 2 is 1.80 bits per heavy atom. The van der Waals surface area contributed by atoms with Crippen LogP contribution in [0.1, 0.15) is 31.9 Å². The lowest BCUT2D eigenvalue weighted by Crippen LogP contribution is -2.43. The van der Waals surface area contributed by atoms with Gasteiger partial charge in [0.15, 0.2) is 5.17 Å². The van der Waals surface area contributed by atoms with E-state index in [0.29, 0.717) is 17.5 Å². The molecule has 2 aliphatic rings. The average molecular weight is 421 g/mol. The van der Waals surface area contributed by atoms with Crippen molar-refractivity contribution in [2.45, 2.75) is 38.6 Å². The Bertz CT molecular complexity index is 1030. The van der Waals surface area contributed by atoms with Crippen molar-refractivity contribution < 1.29 is 9.59 Å². The number of fused-ring (bicyclic) bond motifs is 3. The number of amidine groups is 2. The van der Waals surface area contributed by atoms with Gasteiger partial charge in [0, 0.05) is 12.1 Å². The number of nitrogens with one attached hydrogen (secondary N) is 1. The second kappa shape index (κ2) is 8.44. The van der Waals surface area contributed by atoms with Gasteiger partial charge in [0.1, 0.15) is 11.9 Å². The van der Waals surface area contributed by atoms with Crippen molar-refractivity contribution in [3.8, 4) is 0 Å². The SMILES string of the molecule is CC(C)[C@@H]1N=C2c3ccccc3N=C(S[C@@H](C)C(=O)NCc3ccccc3)N2C1=O. The maximum absolute atomic E-state index is 13.1. The van der Waals surface area contributed by atoms with Gasteiger partial charge in [-0.05, 0) is 30.5 Å². The van der Waals surface area contributed by atoms with Crippen LogP contribution in [0, 0.1) is 5.92 Å². The molecule has 2 atom stereocenters. The van der Waals surface area contributed by atoms with Gasteiger partial charge in [0.05, 0.1) is 10.9 Å². The molecule has 0 saturated carbocycles. The predicted molar refractivity (Wildman–Crippen MR) is 121 cm³/mol.